The van der Waals surface area contributed by atoms with Crippen molar-refractivity contribution in [2.75, 3.05) is 26.2 Å². The number of carbonyl (C=O) groups excluding carboxylic acids is 1. The van der Waals surface area contributed by atoms with Crippen molar-refractivity contribution in [2.45, 2.75) is 26.5 Å². The lowest BCUT2D eigenvalue weighted by molar-refractivity contribution is -0.129. The summed E-state index contributed by atoms with van der Waals surface area (Å²) in [5.74, 6) is 0.0614. The number of nitrogens with zero attached hydrogens (tertiary/aromatic N) is 3. The number of amides is 1. The summed E-state index contributed by atoms with van der Waals surface area (Å²) in [6.45, 7) is 6.41. The van der Waals surface area contributed by atoms with Crippen molar-refractivity contribution in [3.63, 3.8) is 0 Å². The van der Waals surface area contributed by atoms with Crippen LogP contribution in [0.4, 0.5) is 0 Å². The Balaban J connectivity index is 2.19. The summed E-state index contributed by atoms with van der Waals surface area (Å²) < 4.78 is 1.67. The minimum Gasteiger partial charge on any atom is -0.390 e. The zero-order chi connectivity index (χ0) is 13.4. The third-order valence-electron chi connectivity index (χ3n) is 2.73. The number of hydrogen-bond acceptors (Lipinski definition) is 4. The van der Waals surface area contributed by atoms with Gasteiger partial charge in [-0.1, -0.05) is 0 Å². The van der Waals surface area contributed by atoms with E-state index < -0.39 is 6.10 Å². The predicted molar refractivity (Wildman–Crippen MR) is 69.0 cm³/mol. The number of hydrogen-bond donors (Lipinski definition) is 2. The molecule has 1 aromatic rings. The van der Waals surface area contributed by atoms with Gasteiger partial charge in [-0.15, -0.1) is 0 Å². The second-order valence-corrected chi connectivity index (χ2v) is 4.08. The Labute approximate surface area is 108 Å². The first-order valence-electron chi connectivity index (χ1n) is 6.31. The van der Waals surface area contributed by atoms with Crippen molar-refractivity contribution < 1.29 is 9.90 Å². The molecule has 0 fully saturated rings. The fourth-order valence-corrected chi connectivity index (χ4v) is 1.72. The largest absolute Gasteiger partial charge is 0.390 e. The van der Waals surface area contributed by atoms with Crippen LogP contribution in [0.5, 0.6) is 0 Å². The van der Waals surface area contributed by atoms with Crippen LogP contribution in [0.1, 0.15) is 13.8 Å². The maximum Gasteiger partial charge on any atom is 0.236 e. The summed E-state index contributed by atoms with van der Waals surface area (Å²) in [7, 11) is 0. The zero-order valence-corrected chi connectivity index (χ0v) is 11.0. The van der Waals surface area contributed by atoms with Crippen molar-refractivity contribution in [3.8, 4) is 0 Å². The third kappa shape index (κ3) is 4.85. The number of nitrogens with one attached hydrogen (secondary N) is 1. The molecule has 102 valence electrons. The Morgan fingerprint density at radius 2 is 2.22 bits per heavy atom. The van der Waals surface area contributed by atoms with Gasteiger partial charge >= 0.3 is 0 Å². The normalized spacial score (nSPS) is 12.4. The molecule has 0 radical (unpaired) electrons. The van der Waals surface area contributed by atoms with Gasteiger partial charge in [0.15, 0.2) is 0 Å². The predicted octanol–water partition coefficient (Wildman–Crippen LogP) is -0.298. The highest BCUT2D eigenvalue weighted by molar-refractivity contribution is 5.78. The number of carbonyl (C=O) groups is 1. The lowest BCUT2D eigenvalue weighted by Crippen LogP contribution is -2.40. The lowest BCUT2D eigenvalue weighted by Gasteiger charge is -2.19. The molecule has 6 nitrogen and oxygen atoms in total. The molecule has 18 heavy (non-hydrogen) atoms. The van der Waals surface area contributed by atoms with Gasteiger partial charge in [-0.05, 0) is 19.9 Å². The van der Waals surface area contributed by atoms with E-state index in [4.69, 9.17) is 0 Å². The molecule has 0 bridgehead atoms. The van der Waals surface area contributed by atoms with Crippen LogP contribution in [0, 0.1) is 0 Å². The molecule has 0 aromatic carbocycles. The molecule has 0 saturated heterocycles. The summed E-state index contributed by atoms with van der Waals surface area (Å²) in [5.41, 5.74) is 0. The first-order chi connectivity index (χ1) is 8.67. The molecule has 0 aliphatic carbocycles. The SMILES string of the molecule is CCN(CC)C(=O)CNCC(O)Cn1cccn1. The Morgan fingerprint density at radius 1 is 1.50 bits per heavy atom. The topological polar surface area (TPSA) is 70.4 Å². The molecule has 1 heterocycles. The van der Waals surface area contributed by atoms with E-state index in [1.807, 2.05) is 19.9 Å². The number of likely N-dealkylation sites (N-methyl/N-ethyl adjacent to an activating group) is 1. The second-order valence-electron chi connectivity index (χ2n) is 4.08. The molecule has 1 rings (SSSR count). The average molecular weight is 254 g/mol. The van der Waals surface area contributed by atoms with E-state index in [1.165, 1.54) is 0 Å². The fraction of sp³-hybridized carbons (Fsp3) is 0.667. The molecule has 0 saturated carbocycles. The van der Waals surface area contributed by atoms with Crippen LogP contribution >= 0.6 is 0 Å². The monoisotopic (exact) mass is 254 g/mol. The van der Waals surface area contributed by atoms with Crippen LogP contribution in [0.3, 0.4) is 0 Å². The number of rotatable bonds is 8. The molecule has 0 spiro atoms. The number of aliphatic hydroxyl groups is 1. The highest BCUT2D eigenvalue weighted by Crippen LogP contribution is 1.91. The van der Waals surface area contributed by atoms with E-state index in [1.54, 1.807) is 22.0 Å². The Hall–Kier alpha value is -1.40. The third-order valence-corrected chi connectivity index (χ3v) is 2.73. The molecular formula is C12H22N4O2. The fourth-order valence-electron chi connectivity index (χ4n) is 1.72. The molecule has 1 amide bonds. The van der Waals surface area contributed by atoms with Crippen LogP contribution < -0.4 is 5.32 Å². The highest BCUT2D eigenvalue weighted by atomic mass is 16.3. The van der Waals surface area contributed by atoms with Gasteiger partial charge < -0.3 is 15.3 Å². The van der Waals surface area contributed by atoms with Gasteiger partial charge in [0.05, 0.1) is 19.2 Å². The van der Waals surface area contributed by atoms with Gasteiger partial charge in [-0.2, -0.15) is 5.10 Å². The smallest absolute Gasteiger partial charge is 0.236 e. The maximum absolute atomic E-state index is 11.7. The average Bonchev–Trinajstić information content (AvgIpc) is 2.83. The minimum absolute atomic E-state index is 0.0614. The van der Waals surface area contributed by atoms with Gasteiger partial charge in [0.2, 0.25) is 5.91 Å². The molecule has 0 aliphatic rings. The first-order valence-corrected chi connectivity index (χ1v) is 6.31. The number of aliphatic hydroxyl groups excluding tert-OH is 1. The van der Waals surface area contributed by atoms with Crippen molar-refractivity contribution >= 4 is 5.91 Å². The Kier molecular flexibility index (Phi) is 6.38. The van der Waals surface area contributed by atoms with E-state index >= 15 is 0 Å². The van der Waals surface area contributed by atoms with E-state index in [0.29, 0.717) is 26.2 Å². The lowest BCUT2D eigenvalue weighted by atomic mass is 10.3. The van der Waals surface area contributed by atoms with Crippen LogP contribution in [-0.4, -0.2) is 58.0 Å². The van der Waals surface area contributed by atoms with Gasteiger partial charge in [0.1, 0.15) is 0 Å². The Morgan fingerprint density at radius 3 is 2.78 bits per heavy atom. The van der Waals surface area contributed by atoms with Crippen LogP contribution in [0.25, 0.3) is 0 Å². The highest BCUT2D eigenvalue weighted by Gasteiger charge is 2.10. The molecular weight excluding hydrogens is 232 g/mol. The van der Waals surface area contributed by atoms with E-state index in [2.05, 4.69) is 10.4 Å². The molecule has 1 aromatic heterocycles. The van der Waals surface area contributed by atoms with Gasteiger partial charge in [-0.3, -0.25) is 9.48 Å². The zero-order valence-electron chi connectivity index (χ0n) is 11.0. The standard InChI is InChI=1S/C12H22N4O2/c1-3-15(4-2)12(18)9-13-8-11(17)10-16-7-5-6-14-16/h5-7,11,13,17H,3-4,8-10H2,1-2H3. The first kappa shape index (κ1) is 14.7. The van der Waals surface area contributed by atoms with Crippen LogP contribution in [-0.2, 0) is 11.3 Å². The Bertz CT molecular complexity index is 336. The van der Waals surface area contributed by atoms with Gasteiger partial charge in [0.25, 0.3) is 0 Å². The summed E-state index contributed by atoms with van der Waals surface area (Å²) in [5, 5.41) is 16.7. The van der Waals surface area contributed by atoms with Gasteiger partial charge in [-0.25, -0.2) is 0 Å². The van der Waals surface area contributed by atoms with Crippen molar-refractivity contribution in [1.82, 2.24) is 20.0 Å². The number of aromatic nitrogens is 2. The van der Waals surface area contributed by atoms with Crippen molar-refractivity contribution in [2.24, 2.45) is 0 Å². The maximum atomic E-state index is 11.7. The van der Waals surface area contributed by atoms with Crippen molar-refractivity contribution in [1.29, 1.82) is 0 Å². The minimum atomic E-state index is -0.547. The van der Waals surface area contributed by atoms with Crippen LogP contribution in [0.2, 0.25) is 0 Å². The van der Waals surface area contributed by atoms with E-state index in [0.717, 1.165) is 0 Å². The van der Waals surface area contributed by atoms with E-state index in [9.17, 15) is 9.90 Å². The van der Waals surface area contributed by atoms with Crippen molar-refractivity contribution in [3.05, 3.63) is 18.5 Å². The summed E-state index contributed by atoms with van der Waals surface area (Å²) in [6.07, 6.45) is 2.92. The molecule has 1 unspecified atom stereocenters. The molecule has 0 aliphatic heterocycles. The van der Waals surface area contributed by atoms with Crippen LogP contribution in [0.15, 0.2) is 18.5 Å². The molecule has 2 N–H and O–H groups in total. The summed E-state index contributed by atoms with van der Waals surface area (Å²) in [4.78, 5) is 13.4. The second kappa shape index (κ2) is 7.84. The molecule has 1 atom stereocenters. The summed E-state index contributed by atoms with van der Waals surface area (Å²) in [6, 6.07) is 1.81. The quantitative estimate of drug-likeness (QED) is 0.668. The van der Waals surface area contributed by atoms with Gasteiger partial charge in [0, 0.05) is 32.0 Å². The van der Waals surface area contributed by atoms with E-state index in [-0.39, 0.29) is 12.5 Å². The summed E-state index contributed by atoms with van der Waals surface area (Å²) >= 11 is 0. The molecule has 6 heteroatoms.